The fraction of sp³-hybridized carbons (Fsp3) is 0.229. The number of carbonyl (C=O) groups excluding carboxylic acids is 2. The number of hydrogen-bond donors (Lipinski definition) is 4. The summed E-state index contributed by atoms with van der Waals surface area (Å²) in [6.45, 7) is 3.88. The summed E-state index contributed by atoms with van der Waals surface area (Å²) in [5, 5.41) is 22.8. The number of amides is 2. The lowest BCUT2D eigenvalue weighted by atomic mass is 9.95. The number of esters is 1. The number of methoxy groups -OCH3 is 1. The first-order valence-corrected chi connectivity index (χ1v) is 15.3. The van der Waals surface area contributed by atoms with E-state index in [4.69, 9.17) is 30.5 Å². The van der Waals surface area contributed by atoms with E-state index in [-0.39, 0.29) is 18.8 Å². The summed E-state index contributed by atoms with van der Waals surface area (Å²) >= 11 is 6.32. The molecule has 1 aliphatic rings. The Balaban J connectivity index is 1.28. The molecule has 1 heterocycles. The van der Waals surface area contributed by atoms with Crippen molar-refractivity contribution in [3.63, 3.8) is 0 Å². The Labute approximate surface area is 277 Å². The van der Waals surface area contributed by atoms with Crippen molar-refractivity contribution in [3.05, 3.63) is 112 Å². The van der Waals surface area contributed by atoms with Gasteiger partial charge in [-0.05, 0) is 54.4 Å². The number of fused-ring (bicyclic) bond motifs is 1. The Hall–Kier alpha value is -5.26. The van der Waals surface area contributed by atoms with Crippen LogP contribution >= 0.6 is 11.6 Å². The second kappa shape index (κ2) is 15.4. The number of allylic oxidation sites excluding steroid dienone is 1. The lowest BCUT2D eigenvalue weighted by molar-refractivity contribution is -0.136. The molecule has 0 spiro atoms. The molecule has 2 atom stereocenters. The molecule has 4 aromatic carbocycles. The van der Waals surface area contributed by atoms with E-state index in [0.717, 1.165) is 21.9 Å². The molecule has 1 aliphatic heterocycles. The van der Waals surface area contributed by atoms with E-state index in [9.17, 15) is 14.7 Å². The van der Waals surface area contributed by atoms with Crippen LogP contribution in [0, 0.1) is 0 Å². The van der Waals surface area contributed by atoms with Crippen molar-refractivity contribution in [2.24, 2.45) is 5.10 Å². The number of hydrogen-bond acceptors (Lipinski definition) is 9. The van der Waals surface area contributed by atoms with Crippen molar-refractivity contribution in [1.29, 1.82) is 0 Å². The molecule has 244 valence electrons. The second-order valence-corrected chi connectivity index (χ2v) is 10.9. The van der Waals surface area contributed by atoms with Crippen LogP contribution in [-0.4, -0.2) is 49.9 Å². The molecule has 0 bridgehead atoms. The zero-order valence-electron chi connectivity index (χ0n) is 26.1. The fourth-order valence-corrected chi connectivity index (χ4v) is 5.31. The van der Waals surface area contributed by atoms with Gasteiger partial charge in [0.05, 0.1) is 31.5 Å². The first-order chi connectivity index (χ1) is 22.8. The first-order valence-electron chi connectivity index (χ1n) is 14.9. The van der Waals surface area contributed by atoms with Gasteiger partial charge >= 0.3 is 12.0 Å². The monoisotopic (exact) mass is 658 g/mol. The number of carbonyl (C=O) groups is 2. The fourth-order valence-electron chi connectivity index (χ4n) is 5.12. The normalized spacial score (nSPS) is 15.2. The van der Waals surface area contributed by atoms with Gasteiger partial charge in [0.2, 0.25) is 0 Å². The van der Waals surface area contributed by atoms with E-state index in [1.54, 1.807) is 31.3 Å². The lowest BCUT2D eigenvalue weighted by Crippen LogP contribution is -2.45. The van der Waals surface area contributed by atoms with E-state index in [2.05, 4.69) is 21.2 Å². The number of nitrogens with one attached hydrogen (secondary N) is 3. The number of halogens is 1. The minimum atomic E-state index is -1.18. The third kappa shape index (κ3) is 7.94. The molecule has 0 aromatic heterocycles. The number of ether oxygens (including phenoxy) is 4. The van der Waals surface area contributed by atoms with Crippen LogP contribution in [-0.2, 0) is 16.1 Å². The molecule has 47 heavy (non-hydrogen) atoms. The second-order valence-electron chi connectivity index (χ2n) is 10.5. The van der Waals surface area contributed by atoms with Crippen LogP contribution in [0.1, 0.15) is 36.6 Å². The van der Waals surface area contributed by atoms with Crippen LogP contribution in [0.15, 0.2) is 95.2 Å². The summed E-state index contributed by atoms with van der Waals surface area (Å²) in [4.78, 5) is 24.7. The van der Waals surface area contributed by atoms with Crippen LogP contribution < -0.4 is 30.3 Å². The van der Waals surface area contributed by atoms with Gasteiger partial charge in [0, 0.05) is 21.8 Å². The minimum absolute atomic E-state index is 0.168. The minimum Gasteiger partial charge on any atom is -0.490 e. The van der Waals surface area contributed by atoms with Crippen LogP contribution in [0.4, 0.5) is 4.79 Å². The van der Waals surface area contributed by atoms with Crippen LogP contribution in [0.2, 0.25) is 5.02 Å². The molecular formula is C35H35ClN4O7. The highest BCUT2D eigenvalue weighted by atomic mass is 35.5. The van der Waals surface area contributed by atoms with Gasteiger partial charge < -0.3 is 34.7 Å². The highest BCUT2D eigenvalue weighted by Gasteiger charge is 2.32. The molecule has 4 aromatic rings. The number of hydrazone groups is 1. The summed E-state index contributed by atoms with van der Waals surface area (Å²) in [7, 11) is 1.28. The summed E-state index contributed by atoms with van der Waals surface area (Å²) in [6, 6.07) is 23.0. The molecule has 0 saturated carbocycles. The average Bonchev–Trinajstić information content (AvgIpc) is 3.07. The summed E-state index contributed by atoms with van der Waals surface area (Å²) < 4.78 is 22.7. The van der Waals surface area contributed by atoms with Gasteiger partial charge in [-0.15, -0.1) is 0 Å². The van der Waals surface area contributed by atoms with E-state index >= 15 is 0 Å². The van der Waals surface area contributed by atoms with Gasteiger partial charge in [0.1, 0.15) is 19.0 Å². The summed E-state index contributed by atoms with van der Waals surface area (Å²) in [5.74, 6) is 0.749. The van der Waals surface area contributed by atoms with Gasteiger partial charge in [-0.3, -0.25) is 5.43 Å². The van der Waals surface area contributed by atoms with Crippen molar-refractivity contribution in [3.8, 4) is 17.2 Å². The molecule has 5 rings (SSSR count). The van der Waals surface area contributed by atoms with Crippen molar-refractivity contribution in [2.75, 3.05) is 20.3 Å². The standard InChI is InChI=1S/C35H35ClN4O7/c1-4-45-30-17-23(33-32(34(42)44-3)21(2)38-35(43)39-33)14-16-29(30)47-20-31(41)40-37-18-26-25-11-7-5-9-22(25)13-15-28(26)46-19-24-10-6-8-12-27(24)36/h5-18,31,33,40-41H,4,19-20H2,1-3H3,(H2,38,39,43)/b37-18+/t31-,33-/m0/s1. The number of aliphatic hydroxyl groups excluding tert-OH is 1. The molecule has 2 amide bonds. The van der Waals surface area contributed by atoms with Gasteiger partial charge in [-0.2, -0.15) is 5.10 Å². The zero-order valence-corrected chi connectivity index (χ0v) is 26.8. The van der Waals surface area contributed by atoms with Gasteiger partial charge in [-0.25, -0.2) is 9.59 Å². The SMILES string of the molecule is CCOc1cc([C@@H]2NC(=O)NC(C)=C2C(=O)OC)ccc1OC[C@H](O)N/N=C/c1c(OCc2ccccc2Cl)ccc2ccccc12. The number of benzene rings is 4. The molecule has 0 aliphatic carbocycles. The smallest absolute Gasteiger partial charge is 0.337 e. The maximum absolute atomic E-state index is 12.5. The maximum atomic E-state index is 12.5. The van der Waals surface area contributed by atoms with E-state index < -0.39 is 24.3 Å². The molecule has 0 radical (unpaired) electrons. The largest absolute Gasteiger partial charge is 0.490 e. The Bertz CT molecular complexity index is 1830. The Morgan fingerprint density at radius 3 is 2.57 bits per heavy atom. The van der Waals surface area contributed by atoms with Gasteiger partial charge in [0.25, 0.3) is 0 Å². The summed E-state index contributed by atoms with van der Waals surface area (Å²) in [6.07, 6.45) is 0.415. The average molecular weight is 659 g/mol. The molecule has 0 fully saturated rings. The highest BCUT2D eigenvalue weighted by molar-refractivity contribution is 6.31. The maximum Gasteiger partial charge on any atom is 0.337 e. The third-order valence-corrected chi connectivity index (χ3v) is 7.73. The van der Waals surface area contributed by atoms with Crippen molar-refractivity contribution in [1.82, 2.24) is 16.1 Å². The molecule has 0 saturated heterocycles. The topological polar surface area (TPSA) is 140 Å². The summed E-state index contributed by atoms with van der Waals surface area (Å²) in [5.41, 5.74) is 5.52. The van der Waals surface area contributed by atoms with E-state index in [0.29, 0.717) is 40.1 Å². The molecule has 4 N–H and O–H groups in total. The van der Waals surface area contributed by atoms with Crippen molar-refractivity contribution < 1.29 is 33.6 Å². The Kier molecular flexibility index (Phi) is 10.8. The van der Waals surface area contributed by atoms with E-state index in [1.165, 1.54) is 7.11 Å². The van der Waals surface area contributed by atoms with E-state index in [1.807, 2.05) is 67.6 Å². The molecular weight excluding hydrogens is 624 g/mol. The predicted octanol–water partition coefficient (Wildman–Crippen LogP) is 5.59. The Morgan fingerprint density at radius 1 is 1.02 bits per heavy atom. The first kappa shape index (κ1) is 33.1. The van der Waals surface area contributed by atoms with Gasteiger partial charge in [0.15, 0.2) is 17.7 Å². The number of urea groups is 1. The predicted molar refractivity (Wildman–Crippen MR) is 179 cm³/mol. The van der Waals surface area contributed by atoms with Crippen LogP contribution in [0.3, 0.4) is 0 Å². The molecule has 0 unspecified atom stereocenters. The van der Waals surface area contributed by atoms with Crippen LogP contribution in [0.5, 0.6) is 17.2 Å². The zero-order chi connectivity index (χ0) is 33.3. The number of nitrogens with zero attached hydrogens (tertiary/aromatic N) is 1. The van der Waals surface area contributed by atoms with Crippen LogP contribution in [0.25, 0.3) is 10.8 Å². The molecule has 11 nitrogen and oxygen atoms in total. The lowest BCUT2D eigenvalue weighted by Gasteiger charge is -2.28. The van der Waals surface area contributed by atoms with Crippen molar-refractivity contribution in [2.45, 2.75) is 32.7 Å². The molecule has 12 heteroatoms. The number of rotatable bonds is 13. The highest BCUT2D eigenvalue weighted by Crippen LogP contribution is 2.35. The number of aliphatic hydroxyl groups is 1. The Morgan fingerprint density at radius 2 is 1.79 bits per heavy atom. The quantitative estimate of drug-likeness (QED) is 0.0631. The van der Waals surface area contributed by atoms with Gasteiger partial charge in [-0.1, -0.05) is 66.2 Å². The third-order valence-electron chi connectivity index (χ3n) is 7.36. The van der Waals surface area contributed by atoms with Crippen molar-refractivity contribution >= 4 is 40.6 Å².